The van der Waals surface area contributed by atoms with Gasteiger partial charge in [0.15, 0.2) is 0 Å². The van der Waals surface area contributed by atoms with Crippen LogP contribution in [-0.4, -0.2) is 18.2 Å². The fourth-order valence-corrected chi connectivity index (χ4v) is 1.80. The van der Waals surface area contributed by atoms with E-state index in [4.69, 9.17) is 0 Å². The summed E-state index contributed by atoms with van der Waals surface area (Å²) in [4.78, 5) is 0. The molecule has 0 amide bonds. The lowest BCUT2D eigenvalue weighted by Crippen LogP contribution is -2.42. The minimum atomic E-state index is -0.774. The molecule has 0 saturated heterocycles. The zero-order valence-electron chi connectivity index (χ0n) is 10.7. The minimum absolute atomic E-state index is 0.189. The summed E-state index contributed by atoms with van der Waals surface area (Å²) < 4.78 is 0. The molecule has 0 bridgehead atoms. The van der Waals surface area contributed by atoms with Gasteiger partial charge < -0.3 is 10.4 Å². The maximum Gasteiger partial charge on any atom is 0.104 e. The van der Waals surface area contributed by atoms with Crippen molar-refractivity contribution < 1.29 is 5.11 Å². The second kappa shape index (κ2) is 5.46. The number of aryl methyl sites for hydroxylation is 1. The fraction of sp³-hybridized carbons (Fsp3) is 0.571. The molecule has 2 heteroatoms. The van der Waals surface area contributed by atoms with E-state index in [1.54, 1.807) is 0 Å². The molecule has 2 nitrogen and oxygen atoms in total. The first-order valence-electron chi connectivity index (χ1n) is 6.01. The molecule has 1 aromatic carbocycles. The Labute approximate surface area is 98.7 Å². The van der Waals surface area contributed by atoms with Crippen molar-refractivity contribution in [3.8, 4) is 0 Å². The molecule has 0 radical (unpaired) electrons. The highest BCUT2D eigenvalue weighted by atomic mass is 16.3. The van der Waals surface area contributed by atoms with Crippen molar-refractivity contribution in [2.24, 2.45) is 5.92 Å². The average Bonchev–Trinajstić information content (AvgIpc) is 2.26. The number of nitrogens with one attached hydrogen (secondary N) is 1. The molecule has 0 aliphatic rings. The lowest BCUT2D eigenvalue weighted by atomic mass is 9.83. The van der Waals surface area contributed by atoms with Crippen LogP contribution in [-0.2, 0) is 5.60 Å². The van der Waals surface area contributed by atoms with Gasteiger partial charge >= 0.3 is 0 Å². The van der Waals surface area contributed by atoms with Crippen LogP contribution in [0.3, 0.4) is 0 Å². The Morgan fingerprint density at radius 1 is 1.25 bits per heavy atom. The molecule has 1 aromatic rings. The van der Waals surface area contributed by atoms with Crippen LogP contribution in [0.15, 0.2) is 24.3 Å². The summed E-state index contributed by atoms with van der Waals surface area (Å²) in [5, 5.41) is 14.0. The molecule has 0 aliphatic heterocycles. The summed E-state index contributed by atoms with van der Waals surface area (Å²) in [6.45, 7) is 9.69. The first-order valence-corrected chi connectivity index (χ1v) is 6.01. The summed E-state index contributed by atoms with van der Waals surface area (Å²) in [6, 6.07) is 8.14. The number of aliphatic hydroxyl groups is 1. The highest BCUT2D eigenvalue weighted by Crippen LogP contribution is 2.29. The molecule has 0 fully saturated rings. The van der Waals surface area contributed by atoms with E-state index in [0.29, 0.717) is 6.54 Å². The zero-order valence-corrected chi connectivity index (χ0v) is 10.7. The maximum absolute atomic E-state index is 10.7. The molecule has 0 heterocycles. The summed E-state index contributed by atoms with van der Waals surface area (Å²) >= 11 is 0. The lowest BCUT2D eigenvalue weighted by Gasteiger charge is -2.33. The molecule has 1 rings (SSSR count). The predicted molar refractivity (Wildman–Crippen MR) is 68.5 cm³/mol. The van der Waals surface area contributed by atoms with Gasteiger partial charge in [0.1, 0.15) is 5.60 Å². The monoisotopic (exact) mass is 221 g/mol. The van der Waals surface area contributed by atoms with Crippen LogP contribution in [0.5, 0.6) is 0 Å². The molecule has 2 N–H and O–H groups in total. The summed E-state index contributed by atoms with van der Waals surface area (Å²) in [5.74, 6) is 0.189. The van der Waals surface area contributed by atoms with Gasteiger partial charge in [-0.25, -0.2) is 0 Å². The highest BCUT2D eigenvalue weighted by molar-refractivity contribution is 5.27. The molecule has 0 saturated carbocycles. The second-order valence-corrected chi connectivity index (χ2v) is 4.73. The first kappa shape index (κ1) is 13.2. The highest BCUT2D eigenvalue weighted by Gasteiger charge is 2.32. The molecule has 16 heavy (non-hydrogen) atoms. The average molecular weight is 221 g/mol. The topological polar surface area (TPSA) is 32.3 Å². The fourth-order valence-electron chi connectivity index (χ4n) is 1.80. The van der Waals surface area contributed by atoms with Crippen LogP contribution < -0.4 is 5.32 Å². The Morgan fingerprint density at radius 2 is 1.81 bits per heavy atom. The number of hydrogen-bond acceptors (Lipinski definition) is 2. The van der Waals surface area contributed by atoms with Gasteiger partial charge in [0.05, 0.1) is 0 Å². The smallest absolute Gasteiger partial charge is 0.104 e. The number of likely N-dealkylation sites (N-methyl/N-ethyl adjacent to an activating group) is 1. The lowest BCUT2D eigenvalue weighted by molar-refractivity contribution is -0.00876. The predicted octanol–water partition coefficient (Wildman–Crippen LogP) is 2.45. The third-order valence-electron chi connectivity index (χ3n) is 3.15. The van der Waals surface area contributed by atoms with Gasteiger partial charge in [0, 0.05) is 6.54 Å². The molecule has 0 aliphatic carbocycles. The van der Waals surface area contributed by atoms with E-state index in [0.717, 1.165) is 12.1 Å². The van der Waals surface area contributed by atoms with E-state index in [1.165, 1.54) is 5.56 Å². The Bertz CT molecular complexity index is 318. The molecule has 0 aromatic heterocycles. The van der Waals surface area contributed by atoms with E-state index in [1.807, 2.05) is 12.1 Å². The van der Waals surface area contributed by atoms with Gasteiger partial charge in [0.25, 0.3) is 0 Å². The maximum atomic E-state index is 10.7. The van der Waals surface area contributed by atoms with E-state index >= 15 is 0 Å². The van der Waals surface area contributed by atoms with E-state index in [9.17, 15) is 5.11 Å². The van der Waals surface area contributed by atoms with E-state index < -0.39 is 5.60 Å². The Kier molecular flexibility index (Phi) is 4.51. The second-order valence-electron chi connectivity index (χ2n) is 4.73. The van der Waals surface area contributed by atoms with Gasteiger partial charge in [-0.2, -0.15) is 0 Å². The van der Waals surface area contributed by atoms with Gasteiger partial charge in [-0.05, 0) is 24.9 Å². The zero-order chi connectivity index (χ0) is 12.2. The molecule has 1 atom stereocenters. The van der Waals surface area contributed by atoms with Crippen LogP contribution in [0, 0.1) is 12.8 Å². The Morgan fingerprint density at radius 3 is 2.25 bits per heavy atom. The van der Waals surface area contributed by atoms with Gasteiger partial charge in [-0.3, -0.25) is 0 Å². The van der Waals surface area contributed by atoms with Crippen LogP contribution in [0.1, 0.15) is 31.9 Å². The van der Waals surface area contributed by atoms with Crippen molar-refractivity contribution in [2.45, 2.75) is 33.3 Å². The quantitative estimate of drug-likeness (QED) is 0.800. The minimum Gasteiger partial charge on any atom is -0.384 e. The van der Waals surface area contributed by atoms with Crippen molar-refractivity contribution in [2.75, 3.05) is 13.1 Å². The van der Waals surface area contributed by atoms with Crippen molar-refractivity contribution >= 4 is 0 Å². The van der Waals surface area contributed by atoms with Crippen molar-refractivity contribution in [3.05, 3.63) is 35.4 Å². The Balaban J connectivity index is 2.96. The van der Waals surface area contributed by atoms with Crippen LogP contribution in [0.25, 0.3) is 0 Å². The first-order chi connectivity index (χ1) is 7.50. The summed E-state index contributed by atoms with van der Waals surface area (Å²) in [7, 11) is 0. The molecule has 90 valence electrons. The third kappa shape index (κ3) is 2.83. The van der Waals surface area contributed by atoms with Gasteiger partial charge in [-0.15, -0.1) is 0 Å². The van der Waals surface area contributed by atoms with Crippen LogP contribution in [0.2, 0.25) is 0 Å². The number of benzene rings is 1. The van der Waals surface area contributed by atoms with E-state index in [2.05, 4.69) is 45.1 Å². The van der Waals surface area contributed by atoms with Crippen LogP contribution in [0.4, 0.5) is 0 Å². The third-order valence-corrected chi connectivity index (χ3v) is 3.15. The summed E-state index contributed by atoms with van der Waals surface area (Å²) in [6.07, 6.45) is 0. The SMILES string of the molecule is CCNCC(O)(c1ccc(C)cc1)C(C)C. The van der Waals surface area contributed by atoms with Crippen LogP contribution >= 0.6 is 0 Å². The normalized spacial score (nSPS) is 15.1. The van der Waals surface area contributed by atoms with Gasteiger partial charge in [-0.1, -0.05) is 50.6 Å². The van der Waals surface area contributed by atoms with E-state index in [-0.39, 0.29) is 5.92 Å². The molecule has 0 spiro atoms. The Hall–Kier alpha value is -0.860. The number of rotatable bonds is 5. The largest absolute Gasteiger partial charge is 0.384 e. The number of hydrogen-bond donors (Lipinski definition) is 2. The molecular weight excluding hydrogens is 198 g/mol. The standard InChI is InChI=1S/C14H23NO/c1-5-15-10-14(16,11(2)3)13-8-6-12(4)7-9-13/h6-9,11,15-16H,5,10H2,1-4H3. The summed E-state index contributed by atoms with van der Waals surface area (Å²) in [5.41, 5.74) is 1.44. The van der Waals surface area contributed by atoms with Crippen molar-refractivity contribution in [1.82, 2.24) is 5.32 Å². The van der Waals surface area contributed by atoms with Crippen molar-refractivity contribution in [3.63, 3.8) is 0 Å². The van der Waals surface area contributed by atoms with Crippen molar-refractivity contribution in [1.29, 1.82) is 0 Å². The van der Waals surface area contributed by atoms with Gasteiger partial charge in [0.2, 0.25) is 0 Å². The molecular formula is C14H23NO. The molecule has 1 unspecified atom stereocenters.